The molecule has 0 saturated carbocycles. The largest absolute Gasteiger partial charge is 0.494 e. The van der Waals surface area contributed by atoms with E-state index >= 15 is 0 Å². The molecule has 0 aliphatic heterocycles. The summed E-state index contributed by atoms with van der Waals surface area (Å²) in [5, 5.41) is 3.47. The van der Waals surface area contributed by atoms with Gasteiger partial charge in [0.25, 0.3) is 0 Å². The summed E-state index contributed by atoms with van der Waals surface area (Å²) in [6.07, 6.45) is 2.23. The third-order valence-electron chi connectivity index (χ3n) is 3.56. The van der Waals surface area contributed by atoms with Crippen LogP contribution in [0.5, 0.6) is 5.75 Å². The highest BCUT2D eigenvalue weighted by atomic mass is 16.5. The number of benzene rings is 1. The van der Waals surface area contributed by atoms with Crippen molar-refractivity contribution >= 4 is 0 Å². The van der Waals surface area contributed by atoms with E-state index in [0.29, 0.717) is 12.0 Å². The number of nitrogens with one attached hydrogen (secondary N) is 1. The van der Waals surface area contributed by atoms with Crippen LogP contribution in [0.2, 0.25) is 0 Å². The van der Waals surface area contributed by atoms with E-state index in [0.717, 1.165) is 25.3 Å². The molecule has 0 aliphatic rings. The third-order valence-corrected chi connectivity index (χ3v) is 3.56. The lowest BCUT2D eigenvalue weighted by Gasteiger charge is -2.13. The molecule has 1 rings (SSSR count). The van der Waals surface area contributed by atoms with Crippen molar-refractivity contribution in [1.29, 1.82) is 0 Å². The first-order chi connectivity index (χ1) is 9.04. The van der Waals surface area contributed by atoms with Gasteiger partial charge in [0.05, 0.1) is 6.61 Å². The zero-order valence-corrected chi connectivity index (χ0v) is 13.1. The maximum absolute atomic E-state index is 5.80. The zero-order chi connectivity index (χ0) is 14.3. The fourth-order valence-electron chi connectivity index (χ4n) is 2.14. The van der Waals surface area contributed by atoms with E-state index in [4.69, 9.17) is 4.74 Å². The molecule has 1 aromatic carbocycles. The second-order valence-electron chi connectivity index (χ2n) is 5.64. The molecule has 1 atom stereocenters. The van der Waals surface area contributed by atoms with E-state index in [1.165, 1.54) is 17.5 Å². The van der Waals surface area contributed by atoms with Gasteiger partial charge in [-0.2, -0.15) is 0 Å². The van der Waals surface area contributed by atoms with Gasteiger partial charge in [0.2, 0.25) is 0 Å². The molecule has 0 radical (unpaired) electrons. The van der Waals surface area contributed by atoms with Crippen molar-refractivity contribution in [3.63, 3.8) is 0 Å². The van der Waals surface area contributed by atoms with Crippen LogP contribution >= 0.6 is 0 Å². The Kier molecular flexibility index (Phi) is 6.93. The minimum atomic E-state index is 0.578. The van der Waals surface area contributed by atoms with Crippen LogP contribution in [-0.4, -0.2) is 19.2 Å². The molecular formula is C17H29NO. The number of hydrogen-bond donors (Lipinski definition) is 1. The van der Waals surface area contributed by atoms with Crippen molar-refractivity contribution < 1.29 is 4.74 Å². The Morgan fingerprint density at radius 3 is 2.53 bits per heavy atom. The summed E-state index contributed by atoms with van der Waals surface area (Å²) in [7, 11) is 0. The Balaban J connectivity index is 2.32. The highest BCUT2D eigenvalue weighted by molar-refractivity contribution is 5.36. The van der Waals surface area contributed by atoms with Gasteiger partial charge >= 0.3 is 0 Å². The smallest absolute Gasteiger partial charge is 0.119 e. The average Bonchev–Trinajstić information content (AvgIpc) is 2.37. The maximum Gasteiger partial charge on any atom is 0.119 e. The highest BCUT2D eigenvalue weighted by Crippen LogP contribution is 2.23. The molecule has 0 unspecified atom stereocenters. The first kappa shape index (κ1) is 16.0. The Bertz CT molecular complexity index is 374. The van der Waals surface area contributed by atoms with Crippen LogP contribution in [0, 0.1) is 6.92 Å². The fraction of sp³-hybridized carbons (Fsp3) is 0.647. The Morgan fingerprint density at radius 1 is 1.21 bits per heavy atom. The summed E-state index contributed by atoms with van der Waals surface area (Å²) in [5.41, 5.74) is 2.73. The molecule has 0 saturated heterocycles. The predicted octanol–water partition coefficient (Wildman–Crippen LogP) is 4.28. The third kappa shape index (κ3) is 5.65. The SMILES string of the molecule is CC[C@@H](C)NCCCOc1ccc(C(C)C)c(C)c1. The van der Waals surface area contributed by atoms with Crippen molar-refractivity contribution in [2.45, 2.75) is 59.4 Å². The summed E-state index contributed by atoms with van der Waals surface area (Å²) in [5.74, 6) is 1.57. The normalized spacial score (nSPS) is 12.7. The second kappa shape index (κ2) is 8.21. The van der Waals surface area contributed by atoms with E-state index in [-0.39, 0.29) is 0 Å². The van der Waals surface area contributed by atoms with Gasteiger partial charge in [0.15, 0.2) is 0 Å². The van der Waals surface area contributed by atoms with Crippen LogP contribution in [0.15, 0.2) is 18.2 Å². The molecule has 0 fully saturated rings. The lowest BCUT2D eigenvalue weighted by atomic mass is 9.98. The van der Waals surface area contributed by atoms with Crippen molar-refractivity contribution in [2.24, 2.45) is 0 Å². The molecule has 1 N–H and O–H groups in total. The molecule has 2 heteroatoms. The minimum absolute atomic E-state index is 0.578. The quantitative estimate of drug-likeness (QED) is 0.707. The average molecular weight is 263 g/mol. The van der Waals surface area contributed by atoms with E-state index in [9.17, 15) is 0 Å². The summed E-state index contributed by atoms with van der Waals surface area (Å²) >= 11 is 0. The second-order valence-corrected chi connectivity index (χ2v) is 5.64. The Morgan fingerprint density at radius 2 is 1.95 bits per heavy atom. The van der Waals surface area contributed by atoms with Gasteiger partial charge in [-0.3, -0.25) is 0 Å². The topological polar surface area (TPSA) is 21.3 Å². The molecule has 0 spiro atoms. The van der Waals surface area contributed by atoms with E-state index in [1.54, 1.807) is 0 Å². The van der Waals surface area contributed by atoms with Gasteiger partial charge < -0.3 is 10.1 Å². The van der Waals surface area contributed by atoms with Gasteiger partial charge in [-0.15, -0.1) is 0 Å². The zero-order valence-electron chi connectivity index (χ0n) is 13.1. The van der Waals surface area contributed by atoms with Gasteiger partial charge in [-0.1, -0.05) is 26.8 Å². The summed E-state index contributed by atoms with van der Waals surface area (Å²) in [6.45, 7) is 12.8. The monoisotopic (exact) mass is 263 g/mol. The van der Waals surface area contributed by atoms with Gasteiger partial charge in [-0.25, -0.2) is 0 Å². The minimum Gasteiger partial charge on any atom is -0.494 e. The lowest BCUT2D eigenvalue weighted by molar-refractivity contribution is 0.305. The fourth-order valence-corrected chi connectivity index (χ4v) is 2.14. The summed E-state index contributed by atoms with van der Waals surface area (Å²) in [6, 6.07) is 7.03. The first-order valence-electron chi connectivity index (χ1n) is 7.51. The van der Waals surface area contributed by atoms with E-state index in [1.807, 2.05) is 0 Å². The lowest BCUT2D eigenvalue weighted by Crippen LogP contribution is -2.27. The molecule has 0 bridgehead atoms. The van der Waals surface area contributed by atoms with Gasteiger partial charge in [-0.05, 0) is 62.4 Å². The molecule has 0 aliphatic carbocycles. The molecule has 1 aromatic rings. The van der Waals surface area contributed by atoms with Gasteiger partial charge in [0, 0.05) is 6.04 Å². The molecule has 0 heterocycles. The van der Waals surface area contributed by atoms with Crippen molar-refractivity contribution in [3.05, 3.63) is 29.3 Å². The van der Waals surface area contributed by atoms with Crippen molar-refractivity contribution in [1.82, 2.24) is 5.32 Å². The highest BCUT2D eigenvalue weighted by Gasteiger charge is 2.04. The maximum atomic E-state index is 5.80. The Hall–Kier alpha value is -1.02. The number of ether oxygens (including phenoxy) is 1. The number of hydrogen-bond acceptors (Lipinski definition) is 2. The van der Waals surface area contributed by atoms with Crippen LogP contribution in [-0.2, 0) is 0 Å². The standard InChI is InChI=1S/C17H29NO/c1-6-15(5)18-10-7-11-19-16-8-9-17(13(2)3)14(4)12-16/h8-9,12-13,15,18H,6-7,10-11H2,1-5H3/t15-/m1/s1. The van der Waals surface area contributed by atoms with Crippen LogP contribution in [0.25, 0.3) is 0 Å². The summed E-state index contributed by atoms with van der Waals surface area (Å²) < 4.78 is 5.80. The van der Waals surface area contributed by atoms with Crippen molar-refractivity contribution in [2.75, 3.05) is 13.2 Å². The number of aryl methyl sites for hydroxylation is 1. The number of rotatable bonds is 8. The summed E-state index contributed by atoms with van der Waals surface area (Å²) in [4.78, 5) is 0. The Labute approximate surface area is 118 Å². The van der Waals surface area contributed by atoms with Gasteiger partial charge in [0.1, 0.15) is 5.75 Å². The first-order valence-corrected chi connectivity index (χ1v) is 7.51. The molecule has 0 aromatic heterocycles. The van der Waals surface area contributed by atoms with Crippen LogP contribution in [0.4, 0.5) is 0 Å². The van der Waals surface area contributed by atoms with E-state index < -0.39 is 0 Å². The molecule has 0 amide bonds. The molecule has 2 nitrogen and oxygen atoms in total. The van der Waals surface area contributed by atoms with Crippen molar-refractivity contribution in [3.8, 4) is 5.75 Å². The molecule has 19 heavy (non-hydrogen) atoms. The molecule has 108 valence electrons. The van der Waals surface area contributed by atoms with Crippen LogP contribution in [0.1, 0.15) is 57.6 Å². The van der Waals surface area contributed by atoms with E-state index in [2.05, 4.69) is 58.1 Å². The van der Waals surface area contributed by atoms with Crippen LogP contribution in [0.3, 0.4) is 0 Å². The van der Waals surface area contributed by atoms with Crippen LogP contribution < -0.4 is 10.1 Å². The predicted molar refractivity (Wildman–Crippen MR) is 83.1 cm³/mol. The molecular weight excluding hydrogens is 234 g/mol.